The zero-order chi connectivity index (χ0) is 11.1. The molecule has 88 valence electrons. The Labute approximate surface area is 92.1 Å². The van der Waals surface area contributed by atoms with Crippen LogP contribution in [0.2, 0.25) is 0 Å². The molecule has 0 bridgehead atoms. The van der Waals surface area contributed by atoms with E-state index in [1.54, 1.807) is 14.0 Å². The first-order chi connectivity index (χ1) is 7.22. The molecule has 0 aromatic heterocycles. The molecule has 3 heteroatoms. The number of methoxy groups -OCH3 is 1. The van der Waals surface area contributed by atoms with Gasteiger partial charge in [0.05, 0.1) is 12.2 Å². The maximum Gasteiger partial charge on any atom is 0.129 e. The number of hydrogen-bond acceptors (Lipinski definition) is 3. The quantitative estimate of drug-likeness (QED) is 0.637. The topological polar surface area (TPSA) is 35.5 Å². The number of ketones is 1. The highest BCUT2D eigenvalue weighted by molar-refractivity contribution is 5.75. The van der Waals surface area contributed by atoms with E-state index in [9.17, 15) is 4.79 Å². The minimum absolute atomic E-state index is 0.247. The van der Waals surface area contributed by atoms with Gasteiger partial charge in [-0.2, -0.15) is 0 Å². The molecule has 0 saturated heterocycles. The van der Waals surface area contributed by atoms with E-state index in [4.69, 9.17) is 9.47 Å². The SMILES string of the molecule is COC1CCCC(OCCCC(C)=O)C1. The number of Topliss-reactive ketones (excluding diaryl/α,β-unsaturated/α-hetero) is 1. The molecule has 3 nitrogen and oxygen atoms in total. The van der Waals surface area contributed by atoms with Crippen LogP contribution in [0, 0.1) is 0 Å². The van der Waals surface area contributed by atoms with Crippen molar-refractivity contribution in [2.24, 2.45) is 0 Å². The molecule has 2 unspecified atom stereocenters. The summed E-state index contributed by atoms with van der Waals surface area (Å²) < 4.78 is 11.1. The minimum Gasteiger partial charge on any atom is -0.381 e. The first-order valence-electron chi connectivity index (χ1n) is 5.86. The van der Waals surface area contributed by atoms with Crippen molar-refractivity contribution in [3.8, 4) is 0 Å². The van der Waals surface area contributed by atoms with Crippen molar-refractivity contribution in [3.05, 3.63) is 0 Å². The summed E-state index contributed by atoms with van der Waals surface area (Å²) in [6, 6.07) is 0. The van der Waals surface area contributed by atoms with Gasteiger partial charge in [0.1, 0.15) is 5.78 Å². The average Bonchev–Trinajstić information content (AvgIpc) is 2.24. The first kappa shape index (κ1) is 12.7. The third-order valence-electron chi connectivity index (χ3n) is 2.94. The molecule has 1 aliphatic rings. The summed E-state index contributed by atoms with van der Waals surface area (Å²) >= 11 is 0. The molecule has 1 aliphatic carbocycles. The fourth-order valence-corrected chi connectivity index (χ4v) is 2.04. The summed E-state index contributed by atoms with van der Waals surface area (Å²) in [6.45, 7) is 2.34. The van der Waals surface area contributed by atoms with Crippen LogP contribution in [0.4, 0.5) is 0 Å². The van der Waals surface area contributed by atoms with Crippen molar-refractivity contribution < 1.29 is 14.3 Å². The molecule has 0 amide bonds. The molecule has 0 N–H and O–H groups in total. The van der Waals surface area contributed by atoms with E-state index < -0.39 is 0 Å². The fraction of sp³-hybridized carbons (Fsp3) is 0.917. The Morgan fingerprint density at radius 2 is 2.07 bits per heavy atom. The van der Waals surface area contributed by atoms with Gasteiger partial charge in [0.15, 0.2) is 0 Å². The predicted molar refractivity (Wildman–Crippen MR) is 58.9 cm³/mol. The van der Waals surface area contributed by atoms with Gasteiger partial charge in [-0.3, -0.25) is 0 Å². The maximum atomic E-state index is 10.7. The zero-order valence-electron chi connectivity index (χ0n) is 9.83. The van der Waals surface area contributed by atoms with Crippen LogP contribution in [0.1, 0.15) is 45.4 Å². The van der Waals surface area contributed by atoms with Gasteiger partial charge in [-0.25, -0.2) is 0 Å². The third kappa shape index (κ3) is 5.28. The van der Waals surface area contributed by atoms with Crippen LogP contribution in [0.5, 0.6) is 0 Å². The van der Waals surface area contributed by atoms with Crippen LogP contribution in [-0.4, -0.2) is 31.7 Å². The highest BCUT2D eigenvalue weighted by Crippen LogP contribution is 2.23. The standard InChI is InChI=1S/C12H22O3/c1-10(13)5-4-8-15-12-7-3-6-11(9-12)14-2/h11-12H,3-9H2,1-2H3. The summed E-state index contributed by atoms with van der Waals surface area (Å²) in [5.74, 6) is 0.247. The summed E-state index contributed by atoms with van der Waals surface area (Å²) in [7, 11) is 1.77. The Bertz CT molecular complexity index is 191. The van der Waals surface area contributed by atoms with Gasteiger partial charge in [-0.05, 0) is 39.0 Å². The smallest absolute Gasteiger partial charge is 0.129 e. The number of ether oxygens (including phenoxy) is 2. The second kappa shape index (κ2) is 6.96. The van der Waals surface area contributed by atoms with Crippen molar-refractivity contribution in [1.82, 2.24) is 0 Å². The van der Waals surface area contributed by atoms with Crippen LogP contribution >= 0.6 is 0 Å². The molecule has 1 saturated carbocycles. The lowest BCUT2D eigenvalue weighted by atomic mass is 9.95. The normalized spacial score (nSPS) is 26.5. The minimum atomic E-state index is 0.247. The lowest BCUT2D eigenvalue weighted by Gasteiger charge is -2.28. The molecule has 0 radical (unpaired) electrons. The van der Waals surface area contributed by atoms with Crippen molar-refractivity contribution in [2.75, 3.05) is 13.7 Å². The van der Waals surface area contributed by atoms with Gasteiger partial charge < -0.3 is 14.3 Å². The Kier molecular flexibility index (Phi) is 5.88. The van der Waals surface area contributed by atoms with E-state index >= 15 is 0 Å². The Morgan fingerprint density at radius 1 is 1.33 bits per heavy atom. The Morgan fingerprint density at radius 3 is 2.73 bits per heavy atom. The molecule has 0 aromatic rings. The highest BCUT2D eigenvalue weighted by atomic mass is 16.5. The predicted octanol–water partition coefficient (Wildman–Crippen LogP) is 2.33. The summed E-state index contributed by atoms with van der Waals surface area (Å²) in [5.41, 5.74) is 0. The molecule has 1 fully saturated rings. The molecular weight excluding hydrogens is 192 g/mol. The summed E-state index contributed by atoms with van der Waals surface area (Å²) in [6.07, 6.45) is 6.70. The molecule has 1 rings (SSSR count). The lowest BCUT2D eigenvalue weighted by molar-refractivity contribution is -0.117. The van der Waals surface area contributed by atoms with E-state index in [2.05, 4.69) is 0 Å². The molecule has 15 heavy (non-hydrogen) atoms. The van der Waals surface area contributed by atoms with E-state index in [1.807, 2.05) is 0 Å². The van der Waals surface area contributed by atoms with E-state index in [1.165, 1.54) is 6.42 Å². The molecule has 0 spiro atoms. The van der Waals surface area contributed by atoms with Gasteiger partial charge >= 0.3 is 0 Å². The average molecular weight is 214 g/mol. The third-order valence-corrected chi connectivity index (χ3v) is 2.94. The maximum absolute atomic E-state index is 10.7. The van der Waals surface area contributed by atoms with Crippen LogP contribution in [0.25, 0.3) is 0 Å². The number of carbonyl (C=O) groups is 1. The van der Waals surface area contributed by atoms with Gasteiger partial charge in [0, 0.05) is 20.1 Å². The second-order valence-electron chi connectivity index (χ2n) is 4.32. The largest absolute Gasteiger partial charge is 0.381 e. The number of rotatable bonds is 6. The fourth-order valence-electron chi connectivity index (χ4n) is 2.04. The second-order valence-corrected chi connectivity index (χ2v) is 4.32. The van der Waals surface area contributed by atoms with Crippen molar-refractivity contribution in [2.45, 2.75) is 57.7 Å². The van der Waals surface area contributed by atoms with E-state index in [-0.39, 0.29) is 5.78 Å². The van der Waals surface area contributed by atoms with Crippen molar-refractivity contribution >= 4 is 5.78 Å². The number of carbonyl (C=O) groups excluding carboxylic acids is 1. The van der Waals surface area contributed by atoms with E-state index in [0.717, 1.165) is 25.7 Å². The van der Waals surface area contributed by atoms with Crippen LogP contribution in [0.15, 0.2) is 0 Å². The lowest BCUT2D eigenvalue weighted by Crippen LogP contribution is -2.27. The van der Waals surface area contributed by atoms with Crippen LogP contribution in [-0.2, 0) is 14.3 Å². The molecule has 2 atom stereocenters. The molecular formula is C12H22O3. The number of hydrogen-bond donors (Lipinski definition) is 0. The van der Waals surface area contributed by atoms with Gasteiger partial charge in [-0.15, -0.1) is 0 Å². The van der Waals surface area contributed by atoms with E-state index in [0.29, 0.717) is 25.2 Å². The molecule has 0 heterocycles. The van der Waals surface area contributed by atoms with Crippen LogP contribution in [0.3, 0.4) is 0 Å². The summed E-state index contributed by atoms with van der Waals surface area (Å²) in [4.78, 5) is 10.7. The first-order valence-corrected chi connectivity index (χ1v) is 5.86. The van der Waals surface area contributed by atoms with Crippen molar-refractivity contribution in [3.63, 3.8) is 0 Å². The monoisotopic (exact) mass is 214 g/mol. The zero-order valence-corrected chi connectivity index (χ0v) is 9.83. The molecule has 0 aromatic carbocycles. The van der Waals surface area contributed by atoms with Crippen molar-refractivity contribution in [1.29, 1.82) is 0 Å². The molecule has 0 aliphatic heterocycles. The Balaban J connectivity index is 2.07. The highest BCUT2D eigenvalue weighted by Gasteiger charge is 2.21. The summed E-state index contributed by atoms with van der Waals surface area (Å²) in [5, 5.41) is 0. The van der Waals surface area contributed by atoms with Gasteiger partial charge in [0.2, 0.25) is 0 Å². The van der Waals surface area contributed by atoms with Crippen LogP contribution < -0.4 is 0 Å². The van der Waals surface area contributed by atoms with Gasteiger partial charge in [0.25, 0.3) is 0 Å². The van der Waals surface area contributed by atoms with Gasteiger partial charge in [-0.1, -0.05) is 0 Å². The Hall–Kier alpha value is -0.410.